The topological polar surface area (TPSA) is 188 Å². The first-order chi connectivity index (χ1) is 30.4. The molecule has 6 aromatic rings. The van der Waals surface area contributed by atoms with E-state index in [9.17, 15) is 19.2 Å². The third-order valence-corrected chi connectivity index (χ3v) is 12.5. The molecular weight excluding hydrogens is 787 g/mol. The van der Waals surface area contributed by atoms with Gasteiger partial charge >= 0.3 is 6.09 Å². The summed E-state index contributed by atoms with van der Waals surface area (Å²) in [5, 5.41) is 7.55. The minimum Gasteiger partial charge on any atom is -0.453 e. The van der Waals surface area contributed by atoms with E-state index in [0.29, 0.717) is 44.1 Å². The second kappa shape index (κ2) is 18.0. The Kier molecular flexibility index (Phi) is 11.8. The highest BCUT2D eigenvalue weighted by molar-refractivity contribution is 5.89. The number of methoxy groups -OCH3 is 1. The van der Waals surface area contributed by atoms with E-state index in [1.165, 1.54) is 7.11 Å². The molecule has 4 amide bonds. The number of alkyl carbamates (subject to hydrolysis) is 1. The maximum atomic E-state index is 13.9. The van der Waals surface area contributed by atoms with Crippen LogP contribution in [-0.4, -0.2) is 98.5 Å². The molecule has 4 atom stereocenters. The zero-order chi connectivity index (χ0) is 42.6. The number of pyridine rings is 1. The molecule has 3 aliphatic heterocycles. The van der Waals surface area contributed by atoms with Gasteiger partial charge in [0.1, 0.15) is 23.7 Å². The molecule has 0 spiro atoms. The summed E-state index contributed by atoms with van der Waals surface area (Å²) in [5.41, 5.74) is 6.09. The Hall–Kier alpha value is -6.87. The standard InChI is InChI=1S/C47H49N9O6/c1-61-47(60)54-42(31-7-3-2-4-8-31)46(59)56-20-6-10-40(56)43-49-26-37(52-43)30-13-11-29(12-14-30)36-24-33-15-16-34(23-35(33)25-48-36)38-27-50-44(53-38)39-9-5-19-55(39)45(58)41(51-28-57)32-17-21-62-22-18-32/h2-4,7-8,11-16,23-28,32,39-42H,5-6,9-10,17-22H2,1H3,(H,49,52)(H,50,53)(H,51,57)(H,54,60)/t39-,40-,41-,42+/m0/s1. The van der Waals surface area contributed by atoms with Gasteiger partial charge in [-0.3, -0.25) is 19.4 Å². The number of nitrogens with zero attached hydrogens (tertiary/aromatic N) is 5. The van der Waals surface area contributed by atoms with Crippen LogP contribution in [0.15, 0.2) is 97.5 Å². The molecule has 15 nitrogen and oxygen atoms in total. The molecule has 3 aromatic heterocycles. The number of hydrogen-bond acceptors (Lipinski definition) is 9. The number of amides is 4. The quantitative estimate of drug-likeness (QED) is 0.0980. The molecule has 15 heteroatoms. The zero-order valence-electron chi connectivity index (χ0n) is 34.5. The summed E-state index contributed by atoms with van der Waals surface area (Å²) in [5.74, 6) is 1.21. The fourth-order valence-electron chi connectivity index (χ4n) is 9.21. The Morgan fingerprint density at radius 3 is 2.03 bits per heavy atom. The smallest absolute Gasteiger partial charge is 0.407 e. The van der Waals surface area contributed by atoms with Gasteiger partial charge < -0.3 is 39.9 Å². The van der Waals surface area contributed by atoms with Crippen molar-refractivity contribution in [2.75, 3.05) is 33.4 Å². The van der Waals surface area contributed by atoms with Crippen molar-refractivity contribution in [3.63, 3.8) is 0 Å². The predicted molar refractivity (Wildman–Crippen MR) is 231 cm³/mol. The van der Waals surface area contributed by atoms with Crippen molar-refractivity contribution in [2.24, 2.45) is 5.92 Å². The monoisotopic (exact) mass is 835 g/mol. The number of likely N-dealkylation sites (tertiary alicyclic amines) is 2. The average molecular weight is 836 g/mol. The number of fused-ring (bicyclic) bond motifs is 1. The van der Waals surface area contributed by atoms with E-state index < -0.39 is 18.2 Å². The number of nitrogens with one attached hydrogen (secondary N) is 4. The molecule has 0 unspecified atom stereocenters. The molecule has 9 rings (SSSR count). The molecule has 318 valence electrons. The lowest BCUT2D eigenvalue weighted by Crippen LogP contribution is -2.51. The number of aromatic nitrogens is 5. The first-order valence-corrected chi connectivity index (χ1v) is 21.3. The van der Waals surface area contributed by atoms with Gasteiger partial charge in [-0.25, -0.2) is 14.8 Å². The van der Waals surface area contributed by atoms with Crippen molar-refractivity contribution >= 4 is 35.1 Å². The van der Waals surface area contributed by atoms with E-state index in [-0.39, 0.29) is 29.8 Å². The number of imidazole rings is 2. The molecule has 0 aliphatic carbocycles. The van der Waals surface area contributed by atoms with Crippen LogP contribution in [0, 0.1) is 5.92 Å². The number of H-pyrrole nitrogens is 2. The number of benzene rings is 3. The fourth-order valence-corrected chi connectivity index (χ4v) is 9.21. The third kappa shape index (κ3) is 8.27. The van der Waals surface area contributed by atoms with Gasteiger partial charge in [0.25, 0.3) is 5.91 Å². The third-order valence-electron chi connectivity index (χ3n) is 12.5. The van der Waals surface area contributed by atoms with E-state index in [2.05, 4.69) is 44.9 Å². The number of ether oxygens (including phenoxy) is 2. The largest absolute Gasteiger partial charge is 0.453 e. The summed E-state index contributed by atoms with van der Waals surface area (Å²) in [6.07, 6.45) is 10.2. The Bertz CT molecular complexity index is 2550. The van der Waals surface area contributed by atoms with Gasteiger partial charge in [-0.2, -0.15) is 0 Å². The van der Waals surface area contributed by atoms with Gasteiger partial charge in [0.2, 0.25) is 12.3 Å². The zero-order valence-corrected chi connectivity index (χ0v) is 34.5. The maximum absolute atomic E-state index is 13.9. The van der Waals surface area contributed by atoms with Crippen molar-refractivity contribution in [1.29, 1.82) is 0 Å². The highest BCUT2D eigenvalue weighted by Crippen LogP contribution is 2.36. The first kappa shape index (κ1) is 40.5. The van der Waals surface area contributed by atoms with Gasteiger partial charge in [0.05, 0.1) is 48.7 Å². The Balaban J connectivity index is 0.868. The Labute approximate surface area is 358 Å². The molecule has 0 bridgehead atoms. The average Bonchev–Trinajstić information content (AvgIpc) is 4.17. The van der Waals surface area contributed by atoms with E-state index in [0.717, 1.165) is 88.9 Å². The Morgan fingerprint density at radius 2 is 1.37 bits per heavy atom. The van der Waals surface area contributed by atoms with E-state index in [4.69, 9.17) is 24.4 Å². The van der Waals surface area contributed by atoms with Crippen LogP contribution in [0.1, 0.15) is 73.9 Å². The van der Waals surface area contributed by atoms with Crippen molar-refractivity contribution in [3.05, 3.63) is 115 Å². The molecule has 3 aromatic carbocycles. The van der Waals surface area contributed by atoms with Crippen LogP contribution >= 0.6 is 0 Å². The molecule has 62 heavy (non-hydrogen) atoms. The second-order valence-corrected chi connectivity index (χ2v) is 16.1. The fraction of sp³-hybridized carbons (Fsp3) is 0.340. The number of hydrogen-bond donors (Lipinski definition) is 4. The molecule has 6 heterocycles. The minimum atomic E-state index is -0.884. The molecule has 4 N–H and O–H groups in total. The van der Waals surface area contributed by atoms with E-state index in [1.54, 1.807) is 11.1 Å². The summed E-state index contributed by atoms with van der Waals surface area (Å²) in [6, 6.07) is 23.7. The number of rotatable bonds is 12. The molecule has 3 fully saturated rings. The van der Waals surface area contributed by atoms with Crippen molar-refractivity contribution < 1.29 is 28.7 Å². The summed E-state index contributed by atoms with van der Waals surface area (Å²) >= 11 is 0. The van der Waals surface area contributed by atoms with Gasteiger partial charge in [-0.15, -0.1) is 0 Å². The van der Waals surface area contributed by atoms with Crippen LogP contribution in [0.4, 0.5) is 4.79 Å². The van der Waals surface area contributed by atoms with Gasteiger partial charge in [0.15, 0.2) is 0 Å². The molecule has 3 saturated heterocycles. The highest BCUT2D eigenvalue weighted by atomic mass is 16.5. The first-order valence-electron chi connectivity index (χ1n) is 21.3. The molecule has 0 saturated carbocycles. The SMILES string of the molecule is COC(=O)N[C@@H](C(=O)N1CCC[C@H]1c1ncc(-c2ccc(-c3cc4ccc(-c5cnc([C@@H]6CCCN6C(=O)[C@@H](NC=O)C6CCOCC6)[nH]5)cc4cn3)cc2)[nH]1)c1ccccc1. The normalized spacial score (nSPS) is 19.0. The van der Waals surface area contributed by atoms with Gasteiger partial charge in [-0.1, -0.05) is 66.7 Å². The lowest BCUT2D eigenvalue weighted by Gasteiger charge is -2.33. The molecule has 0 radical (unpaired) electrons. The predicted octanol–water partition coefficient (Wildman–Crippen LogP) is 6.65. The molecular formula is C47H49N9O6. The summed E-state index contributed by atoms with van der Waals surface area (Å²) in [4.78, 5) is 76.3. The van der Waals surface area contributed by atoms with Crippen molar-refractivity contribution in [3.8, 4) is 33.8 Å². The van der Waals surface area contributed by atoms with E-state index >= 15 is 0 Å². The van der Waals surface area contributed by atoms with E-state index in [1.807, 2.05) is 71.9 Å². The second-order valence-electron chi connectivity index (χ2n) is 16.1. The van der Waals surface area contributed by atoms with Crippen molar-refractivity contribution in [1.82, 2.24) is 45.4 Å². The van der Waals surface area contributed by atoms with Crippen molar-refractivity contribution in [2.45, 2.75) is 62.7 Å². The van der Waals surface area contributed by atoms with Crippen LogP contribution in [0.25, 0.3) is 44.5 Å². The number of aromatic amines is 2. The number of carbonyl (C=O) groups excluding carboxylic acids is 4. The number of carbonyl (C=O) groups is 4. The summed E-state index contributed by atoms with van der Waals surface area (Å²) in [7, 11) is 1.28. The highest BCUT2D eigenvalue weighted by Gasteiger charge is 2.40. The van der Waals surface area contributed by atoms with Crippen LogP contribution in [-0.2, 0) is 23.9 Å². The van der Waals surface area contributed by atoms with Crippen LogP contribution < -0.4 is 10.6 Å². The van der Waals surface area contributed by atoms with Crippen LogP contribution in [0.5, 0.6) is 0 Å². The molecule has 3 aliphatic rings. The van der Waals surface area contributed by atoms with Gasteiger partial charge in [-0.05, 0) is 73.1 Å². The van der Waals surface area contributed by atoms with Gasteiger partial charge in [0, 0.05) is 49.0 Å². The maximum Gasteiger partial charge on any atom is 0.407 e. The minimum absolute atomic E-state index is 0.0480. The summed E-state index contributed by atoms with van der Waals surface area (Å²) in [6.45, 7) is 2.36. The van der Waals surface area contributed by atoms with Crippen LogP contribution in [0.3, 0.4) is 0 Å². The van der Waals surface area contributed by atoms with Crippen LogP contribution in [0.2, 0.25) is 0 Å². The lowest BCUT2D eigenvalue weighted by molar-refractivity contribution is -0.138. The summed E-state index contributed by atoms with van der Waals surface area (Å²) < 4.78 is 10.3. The Morgan fingerprint density at radius 1 is 0.742 bits per heavy atom. The lowest BCUT2D eigenvalue weighted by atomic mass is 9.90.